The zero-order valence-electron chi connectivity index (χ0n) is 15.0. The molecule has 0 aliphatic heterocycles. The number of rotatable bonds is 6. The summed E-state index contributed by atoms with van der Waals surface area (Å²) in [6, 6.07) is 13.7. The molecule has 2 aromatic carbocycles. The summed E-state index contributed by atoms with van der Waals surface area (Å²) in [6.07, 6.45) is 0. The summed E-state index contributed by atoms with van der Waals surface area (Å²) in [5.74, 6) is 0.526. The number of aromatic nitrogens is 2. The van der Waals surface area contributed by atoms with Gasteiger partial charge in [-0.3, -0.25) is 14.9 Å². The normalized spacial score (nSPS) is 10.6. The average Bonchev–Trinajstić information content (AvgIpc) is 3.14. The fourth-order valence-electron chi connectivity index (χ4n) is 2.69. The standard InChI is InChI=1S/C19H18N4O4/c1-3-22(19(24)15-9-10-16(23(25)26)13(2)11-15)12-17-20-18(21-27-17)14-7-5-4-6-8-14/h4-11H,3,12H2,1-2H3. The predicted molar refractivity (Wildman–Crippen MR) is 98.0 cm³/mol. The van der Waals surface area contributed by atoms with Gasteiger partial charge >= 0.3 is 0 Å². The first-order chi connectivity index (χ1) is 13.0. The molecule has 0 aliphatic carbocycles. The van der Waals surface area contributed by atoms with E-state index in [0.29, 0.717) is 29.4 Å². The van der Waals surface area contributed by atoms with E-state index in [4.69, 9.17) is 4.52 Å². The molecule has 0 saturated carbocycles. The van der Waals surface area contributed by atoms with Gasteiger partial charge in [-0.05, 0) is 26.0 Å². The van der Waals surface area contributed by atoms with Crippen molar-refractivity contribution in [2.24, 2.45) is 0 Å². The number of carbonyl (C=O) groups is 1. The molecule has 0 N–H and O–H groups in total. The van der Waals surface area contributed by atoms with Crippen LogP contribution in [0.4, 0.5) is 5.69 Å². The van der Waals surface area contributed by atoms with E-state index in [9.17, 15) is 14.9 Å². The number of nitro benzene ring substituents is 1. The summed E-state index contributed by atoms with van der Waals surface area (Å²) in [7, 11) is 0. The minimum absolute atomic E-state index is 0.0148. The van der Waals surface area contributed by atoms with Gasteiger partial charge in [-0.2, -0.15) is 4.98 Å². The molecule has 3 aromatic rings. The van der Waals surface area contributed by atoms with Crippen molar-refractivity contribution in [2.75, 3.05) is 6.54 Å². The van der Waals surface area contributed by atoms with Crippen LogP contribution in [-0.2, 0) is 6.54 Å². The number of hydrogen-bond acceptors (Lipinski definition) is 6. The molecular weight excluding hydrogens is 348 g/mol. The fourth-order valence-corrected chi connectivity index (χ4v) is 2.69. The first kappa shape index (κ1) is 18.2. The Labute approximate surface area is 155 Å². The van der Waals surface area contributed by atoms with Gasteiger partial charge in [0.15, 0.2) is 0 Å². The average molecular weight is 366 g/mol. The van der Waals surface area contributed by atoms with Crippen LogP contribution in [0.3, 0.4) is 0 Å². The van der Waals surface area contributed by atoms with Crippen molar-refractivity contribution in [3.05, 3.63) is 75.7 Å². The van der Waals surface area contributed by atoms with Crippen LogP contribution in [0.15, 0.2) is 53.1 Å². The Morgan fingerprint density at radius 1 is 1.22 bits per heavy atom. The van der Waals surface area contributed by atoms with E-state index in [0.717, 1.165) is 5.56 Å². The highest BCUT2D eigenvalue weighted by atomic mass is 16.6. The molecule has 8 heteroatoms. The number of carbonyl (C=O) groups excluding carboxylic acids is 1. The van der Waals surface area contributed by atoms with Crippen LogP contribution in [0.2, 0.25) is 0 Å². The third-order valence-electron chi connectivity index (χ3n) is 4.14. The predicted octanol–water partition coefficient (Wildman–Crippen LogP) is 3.62. The van der Waals surface area contributed by atoms with Gasteiger partial charge in [0.2, 0.25) is 11.7 Å². The molecule has 138 valence electrons. The zero-order chi connectivity index (χ0) is 19.4. The van der Waals surface area contributed by atoms with Crippen LogP contribution in [0, 0.1) is 17.0 Å². The summed E-state index contributed by atoms with van der Waals surface area (Å²) < 4.78 is 5.27. The molecule has 27 heavy (non-hydrogen) atoms. The lowest BCUT2D eigenvalue weighted by atomic mass is 10.1. The molecule has 0 fully saturated rings. The van der Waals surface area contributed by atoms with E-state index >= 15 is 0 Å². The molecule has 0 saturated heterocycles. The molecule has 1 amide bonds. The number of aryl methyl sites for hydroxylation is 1. The zero-order valence-corrected chi connectivity index (χ0v) is 15.0. The van der Waals surface area contributed by atoms with Crippen molar-refractivity contribution in [1.82, 2.24) is 15.0 Å². The third-order valence-corrected chi connectivity index (χ3v) is 4.14. The second kappa shape index (κ2) is 7.77. The second-order valence-electron chi connectivity index (χ2n) is 5.96. The SMILES string of the molecule is CCN(Cc1nc(-c2ccccc2)no1)C(=O)c1ccc([N+](=O)[O-])c(C)c1. The first-order valence-electron chi connectivity index (χ1n) is 8.42. The lowest BCUT2D eigenvalue weighted by Gasteiger charge is -2.19. The number of benzene rings is 2. The van der Waals surface area contributed by atoms with Crippen molar-refractivity contribution >= 4 is 11.6 Å². The maximum Gasteiger partial charge on any atom is 0.272 e. The van der Waals surface area contributed by atoms with Crippen molar-refractivity contribution < 1.29 is 14.2 Å². The highest BCUT2D eigenvalue weighted by Crippen LogP contribution is 2.21. The molecule has 3 rings (SSSR count). The van der Waals surface area contributed by atoms with Gasteiger partial charge in [0, 0.05) is 29.3 Å². The molecule has 0 spiro atoms. The Morgan fingerprint density at radius 3 is 2.59 bits per heavy atom. The Bertz CT molecular complexity index is 969. The number of nitro groups is 1. The quantitative estimate of drug-likeness (QED) is 0.488. The lowest BCUT2D eigenvalue weighted by Crippen LogP contribution is -2.30. The topological polar surface area (TPSA) is 102 Å². The third kappa shape index (κ3) is 4.00. The molecule has 8 nitrogen and oxygen atoms in total. The summed E-state index contributed by atoms with van der Waals surface area (Å²) in [6.45, 7) is 4.03. The highest BCUT2D eigenvalue weighted by molar-refractivity contribution is 5.94. The van der Waals surface area contributed by atoms with Crippen LogP contribution in [-0.4, -0.2) is 32.4 Å². The van der Waals surface area contributed by atoms with E-state index in [1.165, 1.54) is 18.2 Å². The van der Waals surface area contributed by atoms with Gasteiger partial charge < -0.3 is 9.42 Å². The molecular formula is C19H18N4O4. The van der Waals surface area contributed by atoms with Crippen molar-refractivity contribution in [3.63, 3.8) is 0 Å². The van der Waals surface area contributed by atoms with Crippen molar-refractivity contribution in [1.29, 1.82) is 0 Å². The lowest BCUT2D eigenvalue weighted by molar-refractivity contribution is -0.385. The maximum atomic E-state index is 12.8. The molecule has 1 aromatic heterocycles. The molecule has 1 heterocycles. The summed E-state index contributed by atoms with van der Waals surface area (Å²) in [5.41, 5.74) is 1.63. The van der Waals surface area contributed by atoms with Crippen LogP contribution >= 0.6 is 0 Å². The van der Waals surface area contributed by atoms with Gasteiger partial charge in [0.05, 0.1) is 4.92 Å². The highest BCUT2D eigenvalue weighted by Gasteiger charge is 2.20. The molecule has 0 unspecified atom stereocenters. The number of nitrogens with zero attached hydrogens (tertiary/aromatic N) is 4. The monoisotopic (exact) mass is 366 g/mol. The maximum absolute atomic E-state index is 12.8. The fraction of sp³-hybridized carbons (Fsp3) is 0.211. The van der Waals surface area contributed by atoms with Crippen LogP contribution in [0.5, 0.6) is 0 Å². The minimum Gasteiger partial charge on any atom is -0.337 e. The Morgan fingerprint density at radius 2 is 1.96 bits per heavy atom. The van der Waals surface area contributed by atoms with Crippen LogP contribution in [0.25, 0.3) is 11.4 Å². The number of hydrogen-bond donors (Lipinski definition) is 0. The van der Waals surface area contributed by atoms with Gasteiger partial charge in [-0.1, -0.05) is 35.5 Å². The van der Waals surface area contributed by atoms with E-state index in [1.54, 1.807) is 11.8 Å². The summed E-state index contributed by atoms with van der Waals surface area (Å²) in [5, 5.41) is 14.9. The summed E-state index contributed by atoms with van der Waals surface area (Å²) in [4.78, 5) is 29.1. The van der Waals surface area contributed by atoms with Gasteiger partial charge in [0.25, 0.3) is 11.6 Å². The van der Waals surface area contributed by atoms with Gasteiger partial charge in [-0.15, -0.1) is 0 Å². The molecule has 0 atom stereocenters. The van der Waals surface area contributed by atoms with Crippen molar-refractivity contribution in [2.45, 2.75) is 20.4 Å². The van der Waals surface area contributed by atoms with E-state index in [-0.39, 0.29) is 18.1 Å². The largest absolute Gasteiger partial charge is 0.337 e. The Hall–Kier alpha value is -3.55. The first-order valence-corrected chi connectivity index (χ1v) is 8.42. The number of amides is 1. The molecule has 0 radical (unpaired) electrons. The molecule has 0 bridgehead atoms. The van der Waals surface area contributed by atoms with Crippen LogP contribution in [0.1, 0.15) is 28.7 Å². The van der Waals surface area contributed by atoms with E-state index in [1.807, 2.05) is 37.3 Å². The molecule has 0 aliphatic rings. The summed E-state index contributed by atoms with van der Waals surface area (Å²) >= 11 is 0. The van der Waals surface area contributed by atoms with Gasteiger partial charge in [-0.25, -0.2) is 0 Å². The Balaban J connectivity index is 1.77. The van der Waals surface area contributed by atoms with E-state index < -0.39 is 4.92 Å². The minimum atomic E-state index is -0.468. The smallest absolute Gasteiger partial charge is 0.272 e. The Kier molecular flexibility index (Phi) is 5.25. The van der Waals surface area contributed by atoms with Gasteiger partial charge in [0.1, 0.15) is 6.54 Å². The second-order valence-corrected chi connectivity index (χ2v) is 5.96. The van der Waals surface area contributed by atoms with E-state index in [2.05, 4.69) is 10.1 Å². The van der Waals surface area contributed by atoms with Crippen molar-refractivity contribution in [3.8, 4) is 11.4 Å². The van der Waals surface area contributed by atoms with Crippen LogP contribution < -0.4 is 0 Å².